The molecular formula is C11H16. The maximum Gasteiger partial charge on any atom is -0.0193 e. The van der Waals surface area contributed by atoms with Gasteiger partial charge in [0.2, 0.25) is 0 Å². The summed E-state index contributed by atoms with van der Waals surface area (Å²) in [6, 6.07) is 8.76. The van der Waals surface area contributed by atoms with Crippen LogP contribution in [0.3, 0.4) is 0 Å². The molecule has 0 fully saturated rings. The van der Waals surface area contributed by atoms with Gasteiger partial charge in [0, 0.05) is 0 Å². The van der Waals surface area contributed by atoms with Crippen LogP contribution in [-0.2, 0) is 0 Å². The Morgan fingerprint density at radius 2 is 2.09 bits per heavy atom. The van der Waals surface area contributed by atoms with Crippen molar-refractivity contribution in [3.05, 3.63) is 35.4 Å². The largest absolute Gasteiger partial charge is 0.0648 e. The highest BCUT2D eigenvalue weighted by atomic mass is 14.1. The Bertz CT molecular complexity index is 225. The third kappa shape index (κ3) is 2.07. The zero-order chi connectivity index (χ0) is 8.27. The maximum atomic E-state index is 2.27. The Hall–Kier alpha value is -0.780. The van der Waals surface area contributed by atoms with Gasteiger partial charge in [0.15, 0.2) is 0 Å². The normalized spacial score (nSPS) is 13.0. The molecule has 0 aliphatic carbocycles. The summed E-state index contributed by atoms with van der Waals surface area (Å²) < 4.78 is 0. The third-order valence-corrected chi connectivity index (χ3v) is 2.22. The number of hydrogen-bond acceptors (Lipinski definition) is 0. The van der Waals surface area contributed by atoms with Crippen LogP contribution in [0.15, 0.2) is 24.3 Å². The molecule has 1 aromatic carbocycles. The van der Waals surface area contributed by atoms with Crippen molar-refractivity contribution >= 4 is 0 Å². The Kier molecular flexibility index (Phi) is 2.70. The lowest BCUT2D eigenvalue weighted by Gasteiger charge is -2.08. The second kappa shape index (κ2) is 3.56. The van der Waals surface area contributed by atoms with E-state index >= 15 is 0 Å². The number of rotatable bonds is 2. The summed E-state index contributed by atoms with van der Waals surface area (Å²) in [6.45, 7) is 6.65. The SMILES string of the molecule is CC[C@@H](C)c1cccc(C)c1. The molecule has 60 valence electrons. The fourth-order valence-corrected chi connectivity index (χ4v) is 1.21. The third-order valence-electron chi connectivity index (χ3n) is 2.22. The molecule has 0 nitrogen and oxygen atoms in total. The lowest BCUT2D eigenvalue weighted by atomic mass is 9.97. The van der Waals surface area contributed by atoms with Gasteiger partial charge in [-0.05, 0) is 24.8 Å². The Morgan fingerprint density at radius 3 is 2.64 bits per heavy atom. The van der Waals surface area contributed by atoms with Crippen molar-refractivity contribution in [3.8, 4) is 0 Å². The molecule has 0 saturated carbocycles. The summed E-state index contributed by atoms with van der Waals surface area (Å²) in [7, 11) is 0. The smallest absolute Gasteiger partial charge is 0.0193 e. The van der Waals surface area contributed by atoms with Crippen LogP contribution in [0.25, 0.3) is 0 Å². The first-order chi connectivity index (χ1) is 5.24. The van der Waals surface area contributed by atoms with Gasteiger partial charge in [-0.1, -0.05) is 43.7 Å². The van der Waals surface area contributed by atoms with Gasteiger partial charge in [0.25, 0.3) is 0 Å². The molecule has 0 saturated heterocycles. The van der Waals surface area contributed by atoms with Crippen molar-refractivity contribution in [2.24, 2.45) is 0 Å². The predicted molar refractivity (Wildman–Crippen MR) is 49.9 cm³/mol. The van der Waals surface area contributed by atoms with Crippen LogP contribution in [0, 0.1) is 6.92 Å². The van der Waals surface area contributed by atoms with E-state index in [4.69, 9.17) is 0 Å². The summed E-state index contributed by atoms with van der Waals surface area (Å²) >= 11 is 0. The van der Waals surface area contributed by atoms with Gasteiger partial charge < -0.3 is 0 Å². The highest BCUT2D eigenvalue weighted by molar-refractivity contribution is 5.24. The summed E-state index contributed by atoms with van der Waals surface area (Å²) in [5, 5.41) is 0. The second-order valence-electron chi connectivity index (χ2n) is 3.22. The first kappa shape index (κ1) is 8.32. The van der Waals surface area contributed by atoms with Crippen LogP contribution in [0.4, 0.5) is 0 Å². The molecule has 0 unspecified atom stereocenters. The zero-order valence-electron chi connectivity index (χ0n) is 7.59. The van der Waals surface area contributed by atoms with Crippen LogP contribution in [0.5, 0.6) is 0 Å². The minimum absolute atomic E-state index is 0.704. The van der Waals surface area contributed by atoms with E-state index in [0.717, 1.165) is 0 Å². The molecule has 0 heterocycles. The molecular weight excluding hydrogens is 132 g/mol. The van der Waals surface area contributed by atoms with E-state index in [1.807, 2.05) is 0 Å². The van der Waals surface area contributed by atoms with E-state index in [0.29, 0.717) is 5.92 Å². The minimum Gasteiger partial charge on any atom is -0.0648 e. The highest BCUT2D eigenvalue weighted by Gasteiger charge is 2.00. The summed E-state index contributed by atoms with van der Waals surface area (Å²) in [4.78, 5) is 0. The van der Waals surface area contributed by atoms with Crippen molar-refractivity contribution in [1.82, 2.24) is 0 Å². The molecule has 0 heteroatoms. The van der Waals surface area contributed by atoms with Gasteiger partial charge >= 0.3 is 0 Å². The van der Waals surface area contributed by atoms with E-state index in [-0.39, 0.29) is 0 Å². The Labute approximate surface area is 69.3 Å². The summed E-state index contributed by atoms with van der Waals surface area (Å²) in [5.74, 6) is 0.704. The first-order valence-electron chi connectivity index (χ1n) is 4.30. The van der Waals surface area contributed by atoms with Gasteiger partial charge in [-0.15, -0.1) is 0 Å². The molecule has 0 amide bonds. The van der Waals surface area contributed by atoms with E-state index in [1.165, 1.54) is 17.5 Å². The average Bonchev–Trinajstić information content (AvgIpc) is 2.03. The Morgan fingerprint density at radius 1 is 1.36 bits per heavy atom. The van der Waals surface area contributed by atoms with Gasteiger partial charge in [-0.3, -0.25) is 0 Å². The van der Waals surface area contributed by atoms with Crippen LogP contribution in [0.1, 0.15) is 37.3 Å². The standard InChI is InChI=1S/C11H16/c1-4-10(3)11-7-5-6-9(2)8-11/h5-8,10H,4H2,1-3H3/t10-/m1/s1. The van der Waals surface area contributed by atoms with Gasteiger partial charge in [-0.2, -0.15) is 0 Å². The van der Waals surface area contributed by atoms with Crippen molar-refractivity contribution in [3.63, 3.8) is 0 Å². The van der Waals surface area contributed by atoms with E-state index in [1.54, 1.807) is 0 Å². The van der Waals surface area contributed by atoms with Crippen LogP contribution in [0.2, 0.25) is 0 Å². The molecule has 1 rings (SSSR count). The predicted octanol–water partition coefficient (Wildman–Crippen LogP) is 3.51. The topological polar surface area (TPSA) is 0 Å². The van der Waals surface area contributed by atoms with Crippen molar-refractivity contribution in [1.29, 1.82) is 0 Å². The number of hydrogen-bond donors (Lipinski definition) is 0. The van der Waals surface area contributed by atoms with Gasteiger partial charge in [0.05, 0.1) is 0 Å². The van der Waals surface area contributed by atoms with Crippen molar-refractivity contribution in [2.75, 3.05) is 0 Å². The van der Waals surface area contributed by atoms with Gasteiger partial charge in [-0.25, -0.2) is 0 Å². The maximum absolute atomic E-state index is 2.27. The molecule has 0 aliphatic heterocycles. The molecule has 0 radical (unpaired) electrons. The van der Waals surface area contributed by atoms with Crippen LogP contribution >= 0.6 is 0 Å². The van der Waals surface area contributed by atoms with Gasteiger partial charge in [0.1, 0.15) is 0 Å². The Balaban J connectivity index is 2.86. The monoisotopic (exact) mass is 148 g/mol. The fraction of sp³-hybridized carbons (Fsp3) is 0.455. The second-order valence-corrected chi connectivity index (χ2v) is 3.22. The van der Waals surface area contributed by atoms with E-state index in [2.05, 4.69) is 45.0 Å². The molecule has 0 N–H and O–H groups in total. The fourth-order valence-electron chi connectivity index (χ4n) is 1.21. The molecule has 1 aromatic rings. The number of aryl methyl sites for hydroxylation is 1. The minimum atomic E-state index is 0.704. The molecule has 0 spiro atoms. The molecule has 1 atom stereocenters. The van der Waals surface area contributed by atoms with Crippen LogP contribution in [-0.4, -0.2) is 0 Å². The van der Waals surface area contributed by atoms with Crippen molar-refractivity contribution in [2.45, 2.75) is 33.1 Å². The first-order valence-corrected chi connectivity index (χ1v) is 4.30. The highest BCUT2D eigenvalue weighted by Crippen LogP contribution is 2.18. The zero-order valence-corrected chi connectivity index (χ0v) is 7.59. The van der Waals surface area contributed by atoms with E-state index in [9.17, 15) is 0 Å². The van der Waals surface area contributed by atoms with E-state index < -0.39 is 0 Å². The molecule has 0 aromatic heterocycles. The number of benzene rings is 1. The summed E-state index contributed by atoms with van der Waals surface area (Å²) in [5.41, 5.74) is 2.83. The average molecular weight is 148 g/mol. The molecule has 0 bridgehead atoms. The molecule has 0 aliphatic rings. The van der Waals surface area contributed by atoms with Crippen molar-refractivity contribution < 1.29 is 0 Å². The molecule has 11 heavy (non-hydrogen) atoms. The lowest BCUT2D eigenvalue weighted by Crippen LogP contribution is -1.90. The quantitative estimate of drug-likeness (QED) is 0.602. The summed E-state index contributed by atoms with van der Waals surface area (Å²) in [6.07, 6.45) is 1.23. The lowest BCUT2D eigenvalue weighted by molar-refractivity contribution is 0.733. The van der Waals surface area contributed by atoms with Crippen LogP contribution < -0.4 is 0 Å².